The number of aryl methyl sites for hydroxylation is 2. The van der Waals surface area contributed by atoms with Crippen molar-refractivity contribution in [2.45, 2.75) is 32.6 Å². The van der Waals surface area contributed by atoms with Crippen LogP contribution in [0.25, 0.3) is 0 Å². The summed E-state index contributed by atoms with van der Waals surface area (Å²) < 4.78 is 0. The molecule has 2 nitrogen and oxygen atoms in total. The quantitative estimate of drug-likeness (QED) is 0.832. The van der Waals surface area contributed by atoms with Gasteiger partial charge in [0, 0.05) is 13.1 Å². The van der Waals surface area contributed by atoms with Crippen LogP contribution in [-0.2, 0) is 0 Å². The summed E-state index contributed by atoms with van der Waals surface area (Å²) in [6, 6.07) is 15.2. The number of para-hydroxylation sites is 2. The van der Waals surface area contributed by atoms with Gasteiger partial charge in [0.1, 0.15) is 0 Å². The summed E-state index contributed by atoms with van der Waals surface area (Å²) >= 11 is 0. The van der Waals surface area contributed by atoms with Crippen molar-refractivity contribution in [3.8, 4) is 0 Å². The second-order valence-corrected chi connectivity index (χ2v) is 6.24. The molecule has 1 heterocycles. The van der Waals surface area contributed by atoms with Gasteiger partial charge in [0.2, 0.25) is 0 Å². The Kier molecular flexibility index (Phi) is 3.87. The van der Waals surface area contributed by atoms with Crippen LogP contribution in [0, 0.1) is 13.8 Å². The molecule has 0 bridgehead atoms. The predicted molar refractivity (Wildman–Crippen MR) is 91.0 cm³/mol. The minimum absolute atomic E-state index is 0.685. The molecule has 0 aromatic heterocycles. The van der Waals surface area contributed by atoms with Crippen LogP contribution in [0.4, 0.5) is 11.4 Å². The summed E-state index contributed by atoms with van der Waals surface area (Å²) in [6.07, 6.45) is 2.41. The number of hydrogen-bond donors (Lipinski definition) is 1. The molecule has 0 atom stereocenters. The van der Waals surface area contributed by atoms with Gasteiger partial charge in [0.25, 0.3) is 0 Å². The molecule has 0 radical (unpaired) electrons. The van der Waals surface area contributed by atoms with Gasteiger partial charge < -0.3 is 10.6 Å². The molecule has 1 aliphatic rings. The van der Waals surface area contributed by atoms with E-state index in [-0.39, 0.29) is 0 Å². The van der Waals surface area contributed by atoms with Crippen LogP contribution < -0.4 is 10.6 Å². The van der Waals surface area contributed by atoms with Crippen molar-refractivity contribution in [2.75, 3.05) is 23.7 Å². The summed E-state index contributed by atoms with van der Waals surface area (Å²) in [7, 11) is 0. The van der Waals surface area contributed by atoms with Crippen molar-refractivity contribution < 1.29 is 0 Å². The maximum atomic E-state index is 6.10. The van der Waals surface area contributed by atoms with Crippen LogP contribution in [-0.4, -0.2) is 13.1 Å². The van der Waals surface area contributed by atoms with Gasteiger partial charge in [0.05, 0.1) is 11.4 Å². The van der Waals surface area contributed by atoms with Crippen molar-refractivity contribution in [3.05, 3.63) is 59.2 Å². The van der Waals surface area contributed by atoms with Gasteiger partial charge in [-0.25, -0.2) is 0 Å². The van der Waals surface area contributed by atoms with Crippen LogP contribution in [0.15, 0.2) is 42.5 Å². The molecular weight excluding hydrogens is 256 g/mol. The van der Waals surface area contributed by atoms with Gasteiger partial charge in [0.15, 0.2) is 0 Å². The number of hydrogen-bond acceptors (Lipinski definition) is 2. The second-order valence-electron chi connectivity index (χ2n) is 6.24. The van der Waals surface area contributed by atoms with E-state index in [0.29, 0.717) is 5.92 Å². The van der Waals surface area contributed by atoms with Crippen LogP contribution in [0.2, 0.25) is 0 Å². The maximum Gasteiger partial charge on any atom is 0.0599 e. The molecule has 0 amide bonds. The fourth-order valence-corrected chi connectivity index (χ4v) is 3.47. The number of nitrogen functional groups attached to an aromatic ring is 1. The molecule has 3 rings (SSSR count). The van der Waals surface area contributed by atoms with Crippen molar-refractivity contribution >= 4 is 11.4 Å². The van der Waals surface area contributed by atoms with E-state index in [2.05, 4.69) is 49.1 Å². The Bertz CT molecular complexity index is 605. The third-order valence-corrected chi connectivity index (χ3v) is 4.49. The molecule has 2 aromatic carbocycles. The van der Waals surface area contributed by atoms with Crippen molar-refractivity contribution in [3.63, 3.8) is 0 Å². The highest BCUT2D eigenvalue weighted by Gasteiger charge is 2.21. The summed E-state index contributed by atoms with van der Waals surface area (Å²) in [5.41, 5.74) is 12.4. The molecular formula is C19H24N2. The van der Waals surface area contributed by atoms with Gasteiger partial charge in [-0.1, -0.05) is 41.5 Å². The van der Waals surface area contributed by atoms with E-state index in [9.17, 15) is 0 Å². The largest absolute Gasteiger partial charge is 0.397 e. The fraction of sp³-hybridized carbons (Fsp3) is 0.368. The van der Waals surface area contributed by atoms with E-state index in [4.69, 9.17) is 5.73 Å². The van der Waals surface area contributed by atoms with Crippen LogP contribution in [0.5, 0.6) is 0 Å². The second kappa shape index (κ2) is 5.80. The Labute approximate surface area is 127 Å². The third-order valence-electron chi connectivity index (χ3n) is 4.49. The number of nitrogens with zero attached hydrogens (tertiary/aromatic N) is 1. The Morgan fingerprint density at radius 1 is 0.952 bits per heavy atom. The minimum Gasteiger partial charge on any atom is -0.397 e. The molecule has 0 unspecified atom stereocenters. The first-order chi connectivity index (χ1) is 10.1. The zero-order valence-electron chi connectivity index (χ0n) is 13.0. The van der Waals surface area contributed by atoms with Crippen molar-refractivity contribution in [1.29, 1.82) is 0 Å². The first-order valence-electron chi connectivity index (χ1n) is 7.81. The summed E-state index contributed by atoms with van der Waals surface area (Å²) in [5.74, 6) is 0.685. The number of rotatable bonds is 2. The van der Waals surface area contributed by atoms with Gasteiger partial charge in [-0.2, -0.15) is 0 Å². The molecule has 2 heteroatoms. The normalized spacial score (nSPS) is 16.2. The SMILES string of the molecule is Cc1cc(C)cc(C2CCN(c3ccccc3N)CC2)c1. The summed E-state index contributed by atoms with van der Waals surface area (Å²) in [6.45, 7) is 6.56. The minimum atomic E-state index is 0.685. The highest BCUT2D eigenvalue weighted by atomic mass is 15.1. The highest BCUT2D eigenvalue weighted by Crippen LogP contribution is 2.33. The highest BCUT2D eigenvalue weighted by molar-refractivity contribution is 5.67. The first kappa shape index (κ1) is 14.0. The topological polar surface area (TPSA) is 29.3 Å². The van der Waals surface area contributed by atoms with Crippen molar-refractivity contribution in [2.24, 2.45) is 0 Å². The molecule has 2 aromatic rings. The molecule has 1 fully saturated rings. The van der Waals surface area contributed by atoms with E-state index in [0.717, 1.165) is 18.8 Å². The molecule has 0 spiro atoms. The lowest BCUT2D eigenvalue weighted by Gasteiger charge is -2.34. The standard InChI is InChI=1S/C19H24N2/c1-14-11-15(2)13-17(12-14)16-7-9-21(10-8-16)19-6-4-3-5-18(19)20/h3-6,11-13,16H,7-10,20H2,1-2H3. The van der Waals surface area contributed by atoms with E-state index in [1.54, 1.807) is 0 Å². The lowest BCUT2D eigenvalue weighted by Crippen LogP contribution is -2.33. The Morgan fingerprint density at radius 3 is 2.19 bits per heavy atom. The Balaban J connectivity index is 1.72. The molecule has 0 aliphatic carbocycles. The smallest absolute Gasteiger partial charge is 0.0599 e. The van der Waals surface area contributed by atoms with Crippen LogP contribution in [0.3, 0.4) is 0 Å². The van der Waals surface area contributed by atoms with Gasteiger partial charge in [-0.3, -0.25) is 0 Å². The molecule has 110 valence electrons. The maximum absolute atomic E-state index is 6.10. The molecule has 2 N–H and O–H groups in total. The van der Waals surface area contributed by atoms with Crippen LogP contribution in [0.1, 0.15) is 35.4 Å². The number of nitrogens with two attached hydrogens (primary N) is 1. The van der Waals surface area contributed by atoms with Crippen LogP contribution >= 0.6 is 0 Å². The summed E-state index contributed by atoms with van der Waals surface area (Å²) in [4.78, 5) is 2.43. The average molecular weight is 280 g/mol. The molecule has 1 aliphatic heterocycles. The number of anilines is 2. The zero-order valence-corrected chi connectivity index (χ0v) is 13.0. The third kappa shape index (κ3) is 3.05. The van der Waals surface area contributed by atoms with E-state index >= 15 is 0 Å². The van der Waals surface area contributed by atoms with E-state index in [1.165, 1.54) is 35.2 Å². The van der Waals surface area contributed by atoms with Gasteiger partial charge in [-0.05, 0) is 50.3 Å². The monoisotopic (exact) mass is 280 g/mol. The Hall–Kier alpha value is -1.96. The predicted octanol–water partition coefficient (Wildman–Crippen LogP) is 4.27. The molecule has 1 saturated heterocycles. The van der Waals surface area contributed by atoms with E-state index < -0.39 is 0 Å². The van der Waals surface area contributed by atoms with Crippen molar-refractivity contribution in [1.82, 2.24) is 0 Å². The Morgan fingerprint density at radius 2 is 1.57 bits per heavy atom. The molecule has 21 heavy (non-hydrogen) atoms. The van der Waals surface area contributed by atoms with Gasteiger partial charge >= 0.3 is 0 Å². The summed E-state index contributed by atoms with van der Waals surface area (Å²) in [5, 5.41) is 0. The first-order valence-corrected chi connectivity index (χ1v) is 7.81. The average Bonchev–Trinajstić information content (AvgIpc) is 2.47. The fourth-order valence-electron chi connectivity index (χ4n) is 3.47. The number of benzene rings is 2. The lowest BCUT2D eigenvalue weighted by molar-refractivity contribution is 0.505. The molecule has 0 saturated carbocycles. The number of piperidine rings is 1. The van der Waals surface area contributed by atoms with Gasteiger partial charge in [-0.15, -0.1) is 0 Å². The van der Waals surface area contributed by atoms with E-state index in [1.807, 2.05) is 12.1 Å². The zero-order chi connectivity index (χ0) is 14.8. The lowest BCUT2D eigenvalue weighted by atomic mass is 9.87.